The van der Waals surface area contributed by atoms with Crippen molar-refractivity contribution in [3.8, 4) is 0 Å². The van der Waals surface area contributed by atoms with Crippen molar-refractivity contribution in [1.82, 2.24) is 4.31 Å². The first-order valence-corrected chi connectivity index (χ1v) is 7.01. The van der Waals surface area contributed by atoms with Crippen LogP contribution in [0.4, 0.5) is 13.2 Å². The number of rotatable bonds is 2. The summed E-state index contributed by atoms with van der Waals surface area (Å²) in [5.74, 6) is -4.03. The Labute approximate surface area is 103 Å². The van der Waals surface area contributed by atoms with Crippen LogP contribution in [-0.2, 0) is 10.0 Å². The maximum Gasteiger partial charge on any atom is 0.246 e. The van der Waals surface area contributed by atoms with Gasteiger partial charge in [0.2, 0.25) is 10.0 Å². The Morgan fingerprint density at radius 3 is 2.06 bits per heavy atom. The molecule has 0 saturated carbocycles. The maximum absolute atomic E-state index is 13.5. The summed E-state index contributed by atoms with van der Waals surface area (Å²) >= 11 is 0. The van der Waals surface area contributed by atoms with Crippen molar-refractivity contribution in [3.05, 3.63) is 29.6 Å². The lowest BCUT2D eigenvalue weighted by Gasteiger charge is -2.26. The van der Waals surface area contributed by atoms with E-state index in [1.54, 1.807) is 0 Å². The van der Waals surface area contributed by atoms with Crippen molar-refractivity contribution in [3.63, 3.8) is 0 Å². The molecule has 1 fully saturated rings. The van der Waals surface area contributed by atoms with E-state index < -0.39 is 32.4 Å². The van der Waals surface area contributed by atoms with Crippen LogP contribution < -0.4 is 0 Å². The molecule has 0 atom stereocenters. The average Bonchev–Trinajstić information content (AvgIpc) is 2.34. The van der Waals surface area contributed by atoms with Crippen LogP contribution in [0.25, 0.3) is 0 Å². The highest BCUT2D eigenvalue weighted by atomic mass is 32.2. The number of halogens is 3. The highest BCUT2D eigenvalue weighted by Gasteiger charge is 2.29. The SMILES string of the molecule is O=S(=O)(c1cc(F)c(F)cc1F)N1CCCCC1. The fraction of sp³-hybridized carbons (Fsp3) is 0.455. The quantitative estimate of drug-likeness (QED) is 0.779. The molecular weight excluding hydrogens is 267 g/mol. The van der Waals surface area contributed by atoms with E-state index >= 15 is 0 Å². The van der Waals surface area contributed by atoms with Gasteiger partial charge in [-0.15, -0.1) is 0 Å². The van der Waals surface area contributed by atoms with Gasteiger partial charge in [0, 0.05) is 19.2 Å². The van der Waals surface area contributed by atoms with Crippen LogP contribution in [0.1, 0.15) is 19.3 Å². The van der Waals surface area contributed by atoms with Crippen molar-refractivity contribution in [2.75, 3.05) is 13.1 Å². The molecule has 18 heavy (non-hydrogen) atoms. The van der Waals surface area contributed by atoms with Crippen LogP contribution in [0.5, 0.6) is 0 Å². The number of hydrogen-bond acceptors (Lipinski definition) is 2. The predicted molar refractivity (Wildman–Crippen MR) is 58.9 cm³/mol. The van der Waals surface area contributed by atoms with Crippen molar-refractivity contribution >= 4 is 10.0 Å². The zero-order valence-electron chi connectivity index (χ0n) is 9.50. The lowest BCUT2D eigenvalue weighted by atomic mass is 10.2. The molecule has 1 aliphatic rings. The first kappa shape index (κ1) is 13.4. The van der Waals surface area contributed by atoms with Gasteiger partial charge in [0.15, 0.2) is 11.6 Å². The summed E-state index contributed by atoms with van der Waals surface area (Å²) in [6.45, 7) is 0.557. The highest BCUT2D eigenvalue weighted by Crippen LogP contribution is 2.24. The van der Waals surface area contributed by atoms with Gasteiger partial charge >= 0.3 is 0 Å². The third-order valence-electron chi connectivity index (χ3n) is 2.91. The average molecular weight is 279 g/mol. The third kappa shape index (κ3) is 2.37. The summed E-state index contributed by atoms with van der Waals surface area (Å²) in [6.07, 6.45) is 2.28. The third-order valence-corrected chi connectivity index (χ3v) is 4.82. The molecule has 0 amide bonds. The van der Waals surface area contributed by atoms with Gasteiger partial charge in [0.25, 0.3) is 0 Å². The fourth-order valence-corrected chi connectivity index (χ4v) is 3.52. The van der Waals surface area contributed by atoms with Gasteiger partial charge in [-0.2, -0.15) is 4.31 Å². The molecule has 100 valence electrons. The summed E-state index contributed by atoms with van der Waals surface area (Å²) < 4.78 is 64.5. The molecule has 3 nitrogen and oxygen atoms in total. The topological polar surface area (TPSA) is 37.4 Å². The highest BCUT2D eigenvalue weighted by molar-refractivity contribution is 7.89. The lowest BCUT2D eigenvalue weighted by Crippen LogP contribution is -2.36. The Bertz CT molecular complexity index is 554. The molecule has 0 N–H and O–H groups in total. The Morgan fingerprint density at radius 1 is 0.889 bits per heavy atom. The van der Waals surface area contributed by atoms with E-state index in [1.165, 1.54) is 0 Å². The number of hydrogen-bond donors (Lipinski definition) is 0. The maximum atomic E-state index is 13.5. The number of sulfonamides is 1. The smallest absolute Gasteiger partial charge is 0.207 e. The molecule has 2 rings (SSSR count). The molecule has 0 bridgehead atoms. The van der Waals surface area contributed by atoms with E-state index in [1.807, 2.05) is 0 Å². The van der Waals surface area contributed by atoms with Gasteiger partial charge in [-0.3, -0.25) is 0 Å². The van der Waals surface area contributed by atoms with E-state index in [4.69, 9.17) is 0 Å². The van der Waals surface area contributed by atoms with E-state index in [0.29, 0.717) is 18.9 Å². The molecule has 0 spiro atoms. The zero-order valence-corrected chi connectivity index (χ0v) is 10.3. The molecule has 0 aromatic heterocycles. The minimum Gasteiger partial charge on any atom is -0.207 e. The molecule has 1 aliphatic heterocycles. The molecule has 7 heteroatoms. The van der Waals surface area contributed by atoms with Crippen LogP contribution in [0, 0.1) is 17.5 Å². The van der Waals surface area contributed by atoms with Crippen LogP contribution >= 0.6 is 0 Å². The van der Waals surface area contributed by atoms with Gasteiger partial charge in [-0.1, -0.05) is 6.42 Å². The Morgan fingerprint density at radius 2 is 1.44 bits per heavy atom. The Balaban J connectivity index is 2.43. The zero-order chi connectivity index (χ0) is 13.3. The first-order valence-electron chi connectivity index (χ1n) is 5.57. The van der Waals surface area contributed by atoms with Crippen molar-refractivity contribution < 1.29 is 21.6 Å². The number of nitrogens with zero attached hydrogens (tertiary/aromatic N) is 1. The second-order valence-corrected chi connectivity index (χ2v) is 6.07. The van der Waals surface area contributed by atoms with Crippen molar-refractivity contribution in [1.29, 1.82) is 0 Å². The van der Waals surface area contributed by atoms with E-state index in [9.17, 15) is 21.6 Å². The Hall–Kier alpha value is -1.08. The number of piperidine rings is 1. The van der Waals surface area contributed by atoms with Crippen LogP contribution in [0.15, 0.2) is 17.0 Å². The van der Waals surface area contributed by atoms with E-state index in [0.717, 1.165) is 10.7 Å². The van der Waals surface area contributed by atoms with Crippen LogP contribution in [0.3, 0.4) is 0 Å². The fourth-order valence-electron chi connectivity index (χ4n) is 1.95. The summed E-state index contributed by atoms with van der Waals surface area (Å²) in [4.78, 5) is -0.802. The van der Waals surface area contributed by atoms with Gasteiger partial charge in [0.1, 0.15) is 10.7 Å². The van der Waals surface area contributed by atoms with Gasteiger partial charge in [0.05, 0.1) is 0 Å². The second-order valence-electron chi connectivity index (χ2n) is 4.16. The van der Waals surface area contributed by atoms with Crippen molar-refractivity contribution in [2.45, 2.75) is 24.2 Å². The minimum absolute atomic E-state index is 0.256. The molecule has 1 aromatic rings. The standard InChI is InChI=1S/C11H12F3NO2S/c12-8-6-10(14)11(7-9(8)13)18(16,17)15-4-2-1-3-5-15/h6-7H,1-5H2. The van der Waals surface area contributed by atoms with Gasteiger partial charge in [-0.05, 0) is 18.9 Å². The largest absolute Gasteiger partial charge is 0.246 e. The molecule has 0 unspecified atom stereocenters. The summed E-state index contributed by atoms with van der Waals surface area (Å²) in [7, 11) is -4.08. The Kier molecular flexibility index (Phi) is 3.63. The molecule has 1 aromatic carbocycles. The molecule has 0 aliphatic carbocycles. The van der Waals surface area contributed by atoms with Crippen molar-refractivity contribution in [2.24, 2.45) is 0 Å². The lowest BCUT2D eigenvalue weighted by molar-refractivity contribution is 0.344. The van der Waals surface area contributed by atoms with Gasteiger partial charge < -0.3 is 0 Å². The monoisotopic (exact) mass is 279 g/mol. The second kappa shape index (κ2) is 4.89. The first-order chi connectivity index (χ1) is 8.43. The normalized spacial score (nSPS) is 17.9. The minimum atomic E-state index is -4.08. The number of benzene rings is 1. The van der Waals surface area contributed by atoms with E-state index in [2.05, 4.69) is 0 Å². The summed E-state index contributed by atoms with van der Waals surface area (Å²) in [6, 6.07) is 0.654. The molecular formula is C11H12F3NO2S. The molecule has 1 saturated heterocycles. The molecule has 0 radical (unpaired) electrons. The van der Waals surface area contributed by atoms with Crippen LogP contribution in [0.2, 0.25) is 0 Å². The summed E-state index contributed by atoms with van der Waals surface area (Å²) in [5, 5.41) is 0. The van der Waals surface area contributed by atoms with E-state index in [-0.39, 0.29) is 19.2 Å². The van der Waals surface area contributed by atoms with Crippen LogP contribution in [-0.4, -0.2) is 25.8 Å². The predicted octanol–water partition coefficient (Wildman–Crippen LogP) is 2.28. The summed E-state index contributed by atoms with van der Waals surface area (Å²) in [5.41, 5.74) is 0. The van der Waals surface area contributed by atoms with Gasteiger partial charge in [-0.25, -0.2) is 21.6 Å². The molecule has 1 heterocycles.